The van der Waals surface area contributed by atoms with Crippen LogP contribution < -0.4 is 61.8 Å². The van der Waals surface area contributed by atoms with Gasteiger partial charge in [-0.1, -0.05) is 61.9 Å². The van der Waals surface area contributed by atoms with Gasteiger partial charge in [0.25, 0.3) is 0 Å². The van der Waals surface area contributed by atoms with E-state index in [-0.39, 0.29) is 56.3 Å². The second-order valence-corrected chi connectivity index (χ2v) is 11.2. The smallest absolute Gasteiger partial charge is 0.660 e. The van der Waals surface area contributed by atoms with Crippen LogP contribution in [-0.4, -0.2) is 52.7 Å². The van der Waals surface area contributed by atoms with Gasteiger partial charge in [-0.25, -0.2) is 13.6 Å². The Balaban J connectivity index is 0. The summed E-state index contributed by atoms with van der Waals surface area (Å²) in [5.41, 5.74) is 2.60. The molecule has 0 spiro atoms. The van der Waals surface area contributed by atoms with Crippen molar-refractivity contribution in [1.82, 2.24) is 5.32 Å². The molecule has 7 nitrogen and oxygen atoms in total. The zero-order chi connectivity index (χ0) is 29.0. The number of nitrogens with one attached hydrogen (secondary N) is 1. The standard InChI is InChI=1S/C14H16N2O2S.C7H15N2S.C6H10O.C2H4.K/c1-16-10-11-6-8-12(9-7-11)13-4-2-3-5-14(13)19(15,17)18;1-6(2)9-7(10-4)5-8-3;7-5-6-3-1-2-4-6;1-2;/h2-9,16H,10H2,1H3,(H2,15,17,18);6H,5H2,1-4H3;5-6H,1-4H2;1-2H2;/q;-1;;;+1. The van der Waals surface area contributed by atoms with Gasteiger partial charge in [-0.15, -0.1) is 24.9 Å². The maximum Gasteiger partial charge on any atom is 1.00 e. The molecule has 2 aromatic carbocycles. The molecule has 3 N–H and O–H groups in total. The molecule has 1 saturated carbocycles. The molecule has 39 heavy (non-hydrogen) atoms. The Morgan fingerprint density at radius 1 is 1.15 bits per heavy atom. The monoisotopic (exact) mass is 600 g/mol. The number of sulfonamides is 1. The van der Waals surface area contributed by atoms with E-state index < -0.39 is 10.0 Å². The molecule has 0 bridgehead atoms. The van der Waals surface area contributed by atoms with E-state index in [1.807, 2.05) is 44.6 Å². The van der Waals surface area contributed by atoms with E-state index in [0.29, 0.717) is 17.5 Å². The quantitative estimate of drug-likeness (QED) is 0.159. The van der Waals surface area contributed by atoms with Crippen LogP contribution in [0.4, 0.5) is 0 Å². The maximum atomic E-state index is 11.6. The molecule has 0 atom stereocenters. The number of aldehydes is 1. The third kappa shape index (κ3) is 17.7. The number of hydrogen-bond acceptors (Lipinski definition) is 6. The second kappa shape index (κ2) is 24.0. The van der Waals surface area contributed by atoms with Gasteiger partial charge in [0.15, 0.2) is 0 Å². The van der Waals surface area contributed by atoms with E-state index in [2.05, 4.69) is 42.6 Å². The summed E-state index contributed by atoms with van der Waals surface area (Å²) >= 11 is 1.68. The van der Waals surface area contributed by atoms with Gasteiger partial charge >= 0.3 is 51.4 Å². The summed E-state index contributed by atoms with van der Waals surface area (Å²) in [7, 11) is -0.0236. The molecule has 212 valence electrons. The topological polar surface area (TPSA) is 116 Å². The zero-order valence-electron chi connectivity index (χ0n) is 24.5. The van der Waals surface area contributed by atoms with Crippen molar-refractivity contribution in [3.63, 3.8) is 0 Å². The van der Waals surface area contributed by atoms with Crippen LogP contribution in [0, 0.1) is 5.92 Å². The third-order valence-corrected chi connectivity index (χ3v) is 7.04. The van der Waals surface area contributed by atoms with Gasteiger partial charge in [0.1, 0.15) is 6.29 Å². The average Bonchev–Trinajstić information content (AvgIpc) is 3.45. The van der Waals surface area contributed by atoms with Crippen LogP contribution >= 0.6 is 11.8 Å². The normalized spacial score (nSPS) is 13.1. The van der Waals surface area contributed by atoms with Crippen LogP contribution in [0.15, 0.2) is 71.6 Å². The van der Waals surface area contributed by atoms with Gasteiger partial charge in [0, 0.05) is 29.1 Å². The van der Waals surface area contributed by atoms with Crippen molar-refractivity contribution in [1.29, 1.82) is 0 Å². The number of carbonyl (C=O) groups is 1. The van der Waals surface area contributed by atoms with Crippen molar-refractivity contribution in [2.75, 3.05) is 26.9 Å². The van der Waals surface area contributed by atoms with Gasteiger partial charge in [0.05, 0.1) is 4.90 Å². The largest absolute Gasteiger partial charge is 1.00 e. The number of aliphatic imine (C=N–C) groups is 1. The minimum Gasteiger partial charge on any atom is -0.660 e. The van der Waals surface area contributed by atoms with Crippen LogP contribution in [0.5, 0.6) is 0 Å². The Kier molecular flexibility index (Phi) is 24.9. The number of rotatable bonds is 8. The molecule has 0 amide bonds. The fourth-order valence-electron chi connectivity index (χ4n) is 3.63. The Labute approximate surface area is 283 Å². The predicted molar refractivity (Wildman–Crippen MR) is 166 cm³/mol. The molecule has 0 radical (unpaired) electrons. The summed E-state index contributed by atoms with van der Waals surface area (Å²) in [5.74, 6) is 0.417. The molecular formula is C29H45KN4O3S2. The van der Waals surface area contributed by atoms with Crippen LogP contribution in [0.2, 0.25) is 0 Å². The Bertz CT molecular complexity index is 1060. The Hall–Kier alpha value is -0.664. The van der Waals surface area contributed by atoms with Crippen molar-refractivity contribution in [2.45, 2.75) is 57.0 Å². The van der Waals surface area contributed by atoms with Crippen molar-refractivity contribution in [2.24, 2.45) is 16.0 Å². The molecule has 0 aliphatic heterocycles. The summed E-state index contributed by atoms with van der Waals surface area (Å²) in [6.45, 7) is 11.7. The minimum absolute atomic E-state index is 0. The molecule has 3 rings (SSSR count). The number of benzene rings is 2. The van der Waals surface area contributed by atoms with Crippen molar-refractivity contribution in [3.05, 3.63) is 72.6 Å². The summed E-state index contributed by atoms with van der Waals surface area (Å²) in [5, 5.41) is 13.4. The number of carbonyl (C=O) groups excluding carboxylic acids is 1. The van der Waals surface area contributed by atoms with E-state index in [1.165, 1.54) is 18.9 Å². The molecule has 1 aliphatic carbocycles. The van der Waals surface area contributed by atoms with Crippen molar-refractivity contribution in [3.8, 4) is 11.1 Å². The van der Waals surface area contributed by atoms with Crippen LogP contribution in [0.3, 0.4) is 0 Å². The summed E-state index contributed by atoms with van der Waals surface area (Å²) in [4.78, 5) is 14.5. The van der Waals surface area contributed by atoms with E-state index in [0.717, 1.165) is 48.4 Å². The van der Waals surface area contributed by atoms with Crippen LogP contribution in [-0.2, 0) is 21.4 Å². The van der Waals surface area contributed by atoms with Crippen LogP contribution in [0.25, 0.3) is 16.4 Å². The van der Waals surface area contributed by atoms with Gasteiger partial charge in [-0.3, -0.25) is 4.99 Å². The van der Waals surface area contributed by atoms with Crippen molar-refractivity contribution >= 4 is 33.1 Å². The molecule has 0 aromatic heterocycles. The van der Waals surface area contributed by atoms with Crippen LogP contribution in [0.1, 0.15) is 45.1 Å². The third-order valence-electron chi connectivity index (χ3n) is 5.36. The average molecular weight is 601 g/mol. The van der Waals surface area contributed by atoms with E-state index >= 15 is 0 Å². The maximum absolute atomic E-state index is 11.6. The summed E-state index contributed by atoms with van der Waals surface area (Å²) < 4.78 is 23.1. The fraction of sp³-hybridized carbons (Fsp3) is 0.448. The number of hydrogen-bond donors (Lipinski definition) is 2. The Morgan fingerprint density at radius 2 is 1.72 bits per heavy atom. The molecular weight excluding hydrogens is 556 g/mol. The second-order valence-electron chi connectivity index (χ2n) is 8.74. The first-order chi connectivity index (χ1) is 18.2. The first-order valence-electron chi connectivity index (χ1n) is 12.6. The number of thioether (sulfide) groups is 1. The number of primary sulfonamides is 1. The van der Waals surface area contributed by atoms with Crippen molar-refractivity contribution < 1.29 is 64.6 Å². The fourth-order valence-corrected chi connectivity index (χ4v) is 4.97. The van der Waals surface area contributed by atoms with E-state index in [9.17, 15) is 13.2 Å². The molecule has 1 fully saturated rings. The summed E-state index contributed by atoms with van der Waals surface area (Å²) in [6, 6.07) is 14.9. The van der Waals surface area contributed by atoms with Gasteiger partial charge < -0.3 is 15.4 Å². The number of nitrogens with two attached hydrogens (primary N) is 1. The first-order valence-corrected chi connectivity index (χ1v) is 15.4. The predicted octanol–water partition coefficient (Wildman–Crippen LogP) is 3.06. The molecule has 2 aromatic rings. The molecule has 0 heterocycles. The van der Waals surface area contributed by atoms with Gasteiger partial charge in [-0.2, -0.15) is 7.05 Å². The van der Waals surface area contributed by atoms with E-state index in [1.54, 1.807) is 30.0 Å². The van der Waals surface area contributed by atoms with Gasteiger partial charge in [0.2, 0.25) is 10.0 Å². The number of nitrogens with zero attached hydrogens (tertiary/aromatic N) is 2. The summed E-state index contributed by atoms with van der Waals surface area (Å²) in [6.07, 6.45) is 7.94. The Morgan fingerprint density at radius 3 is 2.13 bits per heavy atom. The molecule has 0 saturated heterocycles. The minimum atomic E-state index is -3.71. The molecule has 0 unspecified atom stereocenters. The molecule has 1 aliphatic rings. The molecule has 10 heteroatoms. The van der Waals surface area contributed by atoms with Gasteiger partial charge in [-0.05, 0) is 57.2 Å². The van der Waals surface area contributed by atoms with E-state index in [4.69, 9.17) is 5.14 Å². The first kappa shape index (κ1) is 40.5. The SMILES string of the molecule is C=C.CNCc1ccc(-c2ccccc2S(N)(=O)=O)cc1.C[N-]CC(=NC(C)C)SC.O=CC1CCCC1.[K+]. The zero-order valence-corrected chi connectivity index (χ0v) is 29.3.